The molecule has 3 atom stereocenters. The van der Waals surface area contributed by atoms with Gasteiger partial charge in [0, 0.05) is 35.5 Å². The molecule has 1 aliphatic heterocycles. The molecule has 3 amide bonds. The minimum absolute atomic E-state index is 0.0543. The Kier molecular flexibility index (Phi) is 10.8. The molecule has 2 aliphatic rings. The van der Waals surface area contributed by atoms with Crippen LogP contribution in [0.5, 0.6) is 0 Å². The first kappa shape index (κ1) is 33.6. The summed E-state index contributed by atoms with van der Waals surface area (Å²) in [6.45, 7) is 5.89. The maximum absolute atomic E-state index is 14.1. The average molecular weight is 631 g/mol. The highest BCUT2D eigenvalue weighted by Crippen LogP contribution is 2.39. The van der Waals surface area contributed by atoms with Crippen molar-refractivity contribution in [2.75, 3.05) is 6.54 Å². The van der Waals surface area contributed by atoms with Gasteiger partial charge in [-0.05, 0) is 75.1 Å². The predicted octanol–water partition coefficient (Wildman–Crippen LogP) is 3.67. The fraction of sp³-hybridized carbons (Fsp3) is 0.581. The average Bonchev–Trinajstić information content (AvgIpc) is 3.64. The molecule has 1 saturated carbocycles. The zero-order valence-corrected chi connectivity index (χ0v) is 26.4. The summed E-state index contributed by atoms with van der Waals surface area (Å²) in [6.07, 6.45) is 6.51. The van der Waals surface area contributed by atoms with Crippen LogP contribution in [0.25, 0.3) is 10.9 Å². The van der Waals surface area contributed by atoms with Crippen LogP contribution in [0.3, 0.4) is 0 Å². The van der Waals surface area contributed by atoms with E-state index in [0.717, 1.165) is 32.1 Å². The number of ketones is 1. The van der Waals surface area contributed by atoms with Gasteiger partial charge in [0.15, 0.2) is 0 Å². The Bertz CT molecular complexity index is 1460. The number of rotatable bonds is 12. The third-order valence-corrected chi connectivity index (χ3v) is 9.62. The Hall–Kier alpha value is -3.34. The number of hydrogen-bond acceptors (Lipinski definition) is 6. The number of carbonyl (C=O) groups is 5. The van der Waals surface area contributed by atoms with Crippen LogP contribution in [0.15, 0.2) is 24.3 Å². The summed E-state index contributed by atoms with van der Waals surface area (Å²) in [5, 5.41) is 6.41. The molecule has 2 heterocycles. The molecule has 240 valence electrons. The number of benzene rings is 1. The Labute approximate surface area is 256 Å². The molecule has 4 rings (SSSR count). The molecule has 1 aliphatic carbocycles. The van der Waals surface area contributed by atoms with E-state index in [1.54, 1.807) is 4.90 Å². The highest BCUT2D eigenvalue weighted by Gasteiger charge is 2.41. The lowest BCUT2D eigenvalue weighted by atomic mass is 9.83. The second-order valence-electron chi connectivity index (χ2n) is 12.5. The van der Waals surface area contributed by atoms with Gasteiger partial charge in [0.05, 0.1) is 0 Å². The van der Waals surface area contributed by atoms with E-state index in [4.69, 9.17) is 0 Å². The van der Waals surface area contributed by atoms with Gasteiger partial charge in [0.25, 0.3) is 11.4 Å². The van der Waals surface area contributed by atoms with Gasteiger partial charge in [-0.15, -0.1) is 0 Å². The van der Waals surface area contributed by atoms with E-state index in [0.29, 0.717) is 43.1 Å². The first-order valence-corrected chi connectivity index (χ1v) is 17.0. The maximum atomic E-state index is 14.1. The molecule has 5 N–H and O–H groups in total. The zero-order valence-electron chi connectivity index (χ0n) is 25.5. The smallest absolute Gasteiger partial charge is 0.351 e. The summed E-state index contributed by atoms with van der Waals surface area (Å²) in [6, 6.07) is 3.82. The van der Waals surface area contributed by atoms with Crippen molar-refractivity contribution in [2.24, 2.45) is 11.8 Å². The molecule has 2 fully saturated rings. The van der Waals surface area contributed by atoms with Crippen LogP contribution in [0.2, 0.25) is 0 Å². The highest BCUT2D eigenvalue weighted by molar-refractivity contribution is 7.70. The van der Waals surface area contributed by atoms with Gasteiger partial charge in [-0.25, -0.2) is 0 Å². The summed E-state index contributed by atoms with van der Waals surface area (Å²) in [4.78, 5) is 87.7. The molecule has 0 unspecified atom stereocenters. The van der Waals surface area contributed by atoms with E-state index >= 15 is 0 Å². The number of nitrogens with one attached hydrogen (secondary N) is 3. The van der Waals surface area contributed by atoms with E-state index in [1.165, 1.54) is 31.2 Å². The second kappa shape index (κ2) is 14.2. The van der Waals surface area contributed by atoms with Crippen LogP contribution in [-0.4, -0.2) is 73.4 Å². The third-order valence-electron chi connectivity index (χ3n) is 8.83. The summed E-state index contributed by atoms with van der Waals surface area (Å²) >= 11 is 0. The van der Waals surface area contributed by atoms with Crippen LogP contribution >= 0.6 is 7.60 Å². The minimum Gasteiger partial charge on any atom is -0.351 e. The van der Waals surface area contributed by atoms with E-state index in [2.05, 4.69) is 15.6 Å². The highest BCUT2D eigenvalue weighted by atomic mass is 31.2. The molecule has 0 bridgehead atoms. The van der Waals surface area contributed by atoms with Crippen LogP contribution in [0.4, 0.5) is 0 Å². The van der Waals surface area contributed by atoms with Crippen molar-refractivity contribution < 1.29 is 38.3 Å². The summed E-state index contributed by atoms with van der Waals surface area (Å²) in [5.41, 5.74) is -0.863. The van der Waals surface area contributed by atoms with Crippen LogP contribution in [-0.2, 0) is 18.9 Å². The Morgan fingerprint density at radius 3 is 2.34 bits per heavy atom. The van der Waals surface area contributed by atoms with Crippen LogP contribution in [0.1, 0.15) is 99.4 Å². The first-order valence-electron chi connectivity index (χ1n) is 15.4. The van der Waals surface area contributed by atoms with Gasteiger partial charge in [0.2, 0.25) is 11.8 Å². The number of nitrogens with zero attached hydrogens (tertiary/aromatic N) is 1. The van der Waals surface area contributed by atoms with Gasteiger partial charge < -0.3 is 35.1 Å². The number of aromatic nitrogens is 1. The van der Waals surface area contributed by atoms with Crippen molar-refractivity contribution in [1.29, 1.82) is 0 Å². The van der Waals surface area contributed by atoms with Crippen molar-refractivity contribution in [3.05, 3.63) is 35.5 Å². The monoisotopic (exact) mass is 630 g/mol. The Morgan fingerprint density at radius 2 is 1.70 bits per heavy atom. The SMILES string of the molecule is CC(=O)CC[C@H](NC(=O)[C@@H]1CCCN1C(=O)[C@@H](NC(=O)c1cc2cc(C(=O)P(=O)(O)O)ccc2[nH]1)C1CCCCC1)C(C)C. The van der Waals surface area contributed by atoms with Crippen molar-refractivity contribution in [3.63, 3.8) is 0 Å². The Balaban J connectivity index is 1.53. The van der Waals surface area contributed by atoms with Gasteiger partial charge in [-0.3, -0.25) is 23.7 Å². The fourth-order valence-electron chi connectivity index (χ4n) is 6.32. The topological polar surface area (TPSA) is 186 Å². The van der Waals surface area contributed by atoms with E-state index < -0.39 is 31.1 Å². The van der Waals surface area contributed by atoms with Crippen molar-refractivity contribution in [3.8, 4) is 0 Å². The fourth-order valence-corrected chi connectivity index (χ4v) is 6.79. The molecule has 1 aromatic carbocycles. The third kappa shape index (κ3) is 8.02. The molecule has 0 spiro atoms. The first-order chi connectivity index (χ1) is 20.8. The van der Waals surface area contributed by atoms with E-state index in [9.17, 15) is 38.3 Å². The lowest BCUT2D eigenvalue weighted by Crippen LogP contribution is -2.57. The van der Waals surface area contributed by atoms with Gasteiger partial charge in [-0.2, -0.15) is 0 Å². The molecule has 44 heavy (non-hydrogen) atoms. The molecule has 2 aromatic rings. The summed E-state index contributed by atoms with van der Waals surface area (Å²) in [5.74, 6) is -1.00. The van der Waals surface area contributed by atoms with E-state index in [-0.39, 0.29) is 46.7 Å². The number of aromatic amines is 1. The predicted molar refractivity (Wildman–Crippen MR) is 164 cm³/mol. The van der Waals surface area contributed by atoms with Gasteiger partial charge in [0.1, 0.15) is 23.6 Å². The molecular formula is C31H43N4O8P. The van der Waals surface area contributed by atoms with Gasteiger partial charge in [-0.1, -0.05) is 33.1 Å². The number of carbonyl (C=O) groups excluding carboxylic acids is 5. The van der Waals surface area contributed by atoms with Crippen molar-refractivity contribution in [2.45, 2.75) is 96.7 Å². The quantitative estimate of drug-likeness (QED) is 0.220. The number of H-pyrrole nitrogens is 1. The second-order valence-corrected chi connectivity index (χ2v) is 14.0. The molecule has 1 aromatic heterocycles. The van der Waals surface area contributed by atoms with E-state index in [1.807, 2.05) is 13.8 Å². The van der Waals surface area contributed by atoms with Gasteiger partial charge >= 0.3 is 7.60 Å². The number of hydrogen-bond donors (Lipinski definition) is 5. The van der Waals surface area contributed by atoms with Crippen molar-refractivity contribution in [1.82, 2.24) is 20.5 Å². The molecular weight excluding hydrogens is 587 g/mol. The van der Waals surface area contributed by atoms with Crippen LogP contribution in [0, 0.1) is 11.8 Å². The normalized spacial score (nSPS) is 19.1. The minimum atomic E-state index is -4.97. The number of amides is 3. The number of Topliss-reactive ketones (excluding diaryl/α,β-unsaturated/α-hetero) is 1. The Morgan fingerprint density at radius 1 is 1.00 bits per heavy atom. The molecule has 0 radical (unpaired) electrons. The van der Waals surface area contributed by atoms with Crippen molar-refractivity contribution >= 4 is 47.5 Å². The largest absolute Gasteiger partial charge is 0.396 e. The number of likely N-dealkylation sites (tertiary alicyclic amines) is 1. The lowest BCUT2D eigenvalue weighted by Gasteiger charge is -2.35. The summed E-state index contributed by atoms with van der Waals surface area (Å²) < 4.78 is 11.4. The number of fused-ring (bicyclic) bond motifs is 1. The standard InChI is InChI=1S/C31H43N4O8P/c1-18(2)23(13-11-19(3)36)33-29(38)26-10-7-15-35(26)30(39)27(20-8-5-4-6-9-20)34-28(37)25-17-22-16-21(12-14-24(22)32-25)31(40)44(41,42)43/h12,14,16-18,20,23,26-27,32H,4-11,13,15H2,1-3H3,(H,33,38)(H,34,37)(H2,41,42,43)/t23-,26-,27-/m0/s1. The molecule has 13 heteroatoms. The summed E-state index contributed by atoms with van der Waals surface area (Å²) in [7, 11) is -4.97. The molecule has 1 saturated heterocycles. The van der Waals surface area contributed by atoms with Crippen LogP contribution < -0.4 is 10.6 Å². The maximum Gasteiger partial charge on any atom is 0.396 e. The molecule has 12 nitrogen and oxygen atoms in total. The zero-order chi connectivity index (χ0) is 32.2. The lowest BCUT2D eigenvalue weighted by molar-refractivity contribution is -0.141.